The first-order valence-corrected chi connectivity index (χ1v) is 10.6. The lowest BCUT2D eigenvalue weighted by Gasteiger charge is -2.16. The molecule has 0 radical (unpaired) electrons. The van der Waals surface area contributed by atoms with Crippen molar-refractivity contribution in [1.29, 1.82) is 0 Å². The van der Waals surface area contributed by atoms with Crippen molar-refractivity contribution in [2.75, 3.05) is 11.9 Å². The van der Waals surface area contributed by atoms with Gasteiger partial charge in [-0.3, -0.25) is 9.84 Å². The molecule has 1 fully saturated rings. The number of ether oxygens (including phenoxy) is 3. The van der Waals surface area contributed by atoms with E-state index in [4.69, 9.17) is 9.47 Å². The minimum Gasteiger partial charge on any atom is -0.441 e. The number of carbonyl (C=O) groups excluding carboxylic acids is 1. The van der Waals surface area contributed by atoms with Crippen LogP contribution in [0.25, 0.3) is 5.52 Å². The molecule has 35 heavy (non-hydrogen) atoms. The molecule has 0 aromatic carbocycles. The van der Waals surface area contributed by atoms with E-state index in [1.165, 1.54) is 16.6 Å². The third-order valence-electron chi connectivity index (χ3n) is 4.91. The van der Waals surface area contributed by atoms with E-state index in [2.05, 4.69) is 35.7 Å². The zero-order valence-corrected chi connectivity index (χ0v) is 18.9. The summed E-state index contributed by atoms with van der Waals surface area (Å²) in [6.45, 7) is 4.30. The van der Waals surface area contributed by atoms with Crippen molar-refractivity contribution in [2.24, 2.45) is 0 Å². The number of carbonyl (C=O) groups is 1. The van der Waals surface area contributed by atoms with Crippen molar-refractivity contribution in [3.05, 3.63) is 35.4 Å². The number of nitrogens with zero attached hydrogens (tertiary/aromatic N) is 4. The van der Waals surface area contributed by atoms with Crippen molar-refractivity contribution >= 4 is 23.2 Å². The standard InChI is InChI=1S/C20H23F4N7O4/c1-9(2)25-19(32)35-14-8-33-17(16(14)21)12-5-15(29-28-12)27-18-13-4-11(7-34-20(22,23)24)30-31(13)6-10(3)26-18/h4-6,9,14,16-17H,7-8H2,1-3H3,(H,25,32)(H2,26,27,28,29)/t14-,16-,17-/m0/s1. The van der Waals surface area contributed by atoms with Crippen LogP contribution >= 0.6 is 0 Å². The van der Waals surface area contributed by atoms with Gasteiger partial charge in [0.05, 0.1) is 29.9 Å². The number of aromatic nitrogens is 5. The van der Waals surface area contributed by atoms with Crippen LogP contribution in [0, 0.1) is 6.92 Å². The second-order valence-electron chi connectivity index (χ2n) is 8.21. The Bertz CT molecular complexity index is 1200. The van der Waals surface area contributed by atoms with E-state index in [9.17, 15) is 22.4 Å². The van der Waals surface area contributed by atoms with E-state index in [0.717, 1.165) is 0 Å². The van der Waals surface area contributed by atoms with Gasteiger partial charge in [-0.15, -0.1) is 13.2 Å². The molecule has 0 spiro atoms. The van der Waals surface area contributed by atoms with Gasteiger partial charge in [-0.1, -0.05) is 0 Å². The maximum absolute atomic E-state index is 14.9. The van der Waals surface area contributed by atoms with Crippen molar-refractivity contribution < 1.29 is 36.6 Å². The smallest absolute Gasteiger partial charge is 0.441 e. The van der Waals surface area contributed by atoms with Gasteiger partial charge >= 0.3 is 12.5 Å². The van der Waals surface area contributed by atoms with Crippen LogP contribution < -0.4 is 10.6 Å². The van der Waals surface area contributed by atoms with Gasteiger partial charge in [0.25, 0.3) is 0 Å². The first-order chi connectivity index (χ1) is 16.5. The number of amides is 1. The van der Waals surface area contributed by atoms with Gasteiger partial charge < -0.3 is 20.1 Å². The van der Waals surface area contributed by atoms with E-state index in [1.807, 2.05) is 0 Å². The number of hydrogen-bond donors (Lipinski definition) is 3. The Balaban J connectivity index is 1.46. The summed E-state index contributed by atoms with van der Waals surface area (Å²) in [5.41, 5.74) is 1.26. The molecule has 3 N–H and O–H groups in total. The molecule has 1 aliphatic rings. The largest absolute Gasteiger partial charge is 0.522 e. The van der Waals surface area contributed by atoms with Gasteiger partial charge in [0.2, 0.25) is 0 Å². The lowest BCUT2D eigenvalue weighted by atomic mass is 10.1. The highest BCUT2D eigenvalue weighted by Gasteiger charge is 2.42. The first-order valence-electron chi connectivity index (χ1n) is 10.6. The number of hydrogen-bond acceptors (Lipinski definition) is 8. The number of rotatable bonds is 7. The van der Waals surface area contributed by atoms with Crippen LogP contribution in [0.2, 0.25) is 0 Å². The zero-order chi connectivity index (χ0) is 25.3. The molecule has 0 bridgehead atoms. The molecule has 190 valence electrons. The number of halogens is 4. The third-order valence-corrected chi connectivity index (χ3v) is 4.91. The van der Waals surface area contributed by atoms with Crippen LogP contribution in [0.3, 0.4) is 0 Å². The van der Waals surface area contributed by atoms with Gasteiger partial charge in [0.15, 0.2) is 23.9 Å². The second kappa shape index (κ2) is 9.65. The summed E-state index contributed by atoms with van der Waals surface area (Å²) in [6.07, 6.45) is -7.73. The topological polar surface area (TPSA) is 128 Å². The first kappa shape index (κ1) is 24.7. The fourth-order valence-corrected chi connectivity index (χ4v) is 3.49. The number of aromatic amines is 1. The van der Waals surface area contributed by atoms with E-state index < -0.39 is 37.4 Å². The third kappa shape index (κ3) is 5.97. The predicted molar refractivity (Wildman–Crippen MR) is 113 cm³/mol. The molecule has 11 nitrogen and oxygen atoms in total. The Morgan fingerprint density at radius 1 is 1.37 bits per heavy atom. The monoisotopic (exact) mass is 501 g/mol. The maximum Gasteiger partial charge on any atom is 0.522 e. The molecule has 1 aliphatic heterocycles. The summed E-state index contributed by atoms with van der Waals surface area (Å²) in [7, 11) is 0. The highest BCUT2D eigenvalue weighted by atomic mass is 19.4. The number of fused-ring (bicyclic) bond motifs is 1. The van der Waals surface area contributed by atoms with Gasteiger partial charge in [0, 0.05) is 12.1 Å². The molecule has 3 aromatic heterocycles. The summed E-state index contributed by atoms with van der Waals surface area (Å²) in [5, 5.41) is 16.3. The van der Waals surface area contributed by atoms with Crippen molar-refractivity contribution in [3.63, 3.8) is 0 Å². The molecule has 3 aromatic rings. The van der Waals surface area contributed by atoms with Crippen molar-refractivity contribution in [1.82, 2.24) is 30.1 Å². The predicted octanol–water partition coefficient (Wildman–Crippen LogP) is 3.45. The molecule has 1 amide bonds. The summed E-state index contributed by atoms with van der Waals surface area (Å²) < 4.78 is 67.7. The van der Waals surface area contributed by atoms with E-state index in [1.54, 1.807) is 27.0 Å². The Labute approximate surface area is 196 Å². The highest BCUT2D eigenvalue weighted by Crippen LogP contribution is 2.34. The Morgan fingerprint density at radius 3 is 2.86 bits per heavy atom. The molecule has 4 rings (SSSR count). The van der Waals surface area contributed by atoms with Crippen LogP contribution in [0.15, 0.2) is 18.3 Å². The van der Waals surface area contributed by atoms with Crippen molar-refractivity contribution in [2.45, 2.75) is 58.2 Å². The second-order valence-corrected chi connectivity index (χ2v) is 8.21. The van der Waals surface area contributed by atoms with Crippen LogP contribution in [-0.2, 0) is 20.8 Å². The molecule has 3 atom stereocenters. The molecular weight excluding hydrogens is 478 g/mol. The van der Waals surface area contributed by atoms with Gasteiger partial charge in [-0.2, -0.15) is 10.2 Å². The number of aryl methyl sites for hydroxylation is 1. The molecule has 4 heterocycles. The fraction of sp³-hybridized carbons (Fsp3) is 0.500. The number of H-pyrrole nitrogens is 1. The Morgan fingerprint density at radius 2 is 2.14 bits per heavy atom. The average Bonchev–Trinajstić information content (AvgIpc) is 3.45. The number of nitrogens with one attached hydrogen (secondary N) is 3. The van der Waals surface area contributed by atoms with Crippen LogP contribution in [-0.4, -0.2) is 62.2 Å². The van der Waals surface area contributed by atoms with Crippen LogP contribution in [0.1, 0.15) is 37.0 Å². The molecular formula is C20H23F4N7O4. The minimum absolute atomic E-state index is 0.0488. The molecule has 1 saturated heterocycles. The van der Waals surface area contributed by atoms with E-state index in [0.29, 0.717) is 16.9 Å². The van der Waals surface area contributed by atoms with Gasteiger partial charge in [-0.05, 0) is 26.8 Å². The number of alkyl carbamates (subject to hydrolysis) is 1. The quantitative estimate of drug-likeness (QED) is 0.420. The lowest BCUT2D eigenvalue weighted by molar-refractivity contribution is -0.330. The molecule has 0 unspecified atom stereocenters. The lowest BCUT2D eigenvalue weighted by Crippen LogP contribution is -2.36. The molecule has 15 heteroatoms. The average molecular weight is 501 g/mol. The van der Waals surface area contributed by atoms with Crippen LogP contribution in [0.5, 0.6) is 0 Å². The van der Waals surface area contributed by atoms with Gasteiger partial charge in [-0.25, -0.2) is 18.7 Å². The number of anilines is 2. The zero-order valence-electron chi connectivity index (χ0n) is 18.9. The molecule has 0 aliphatic carbocycles. The minimum atomic E-state index is -4.78. The van der Waals surface area contributed by atoms with E-state index in [-0.39, 0.29) is 30.0 Å². The number of alkyl halides is 4. The SMILES string of the molecule is Cc1cn2nc(COC(F)(F)F)cc2c(Nc2cc([C@@H]3OC[C@H](OC(=O)NC(C)C)[C@@H]3F)[nH]n2)n1. The van der Waals surface area contributed by atoms with E-state index >= 15 is 0 Å². The summed E-state index contributed by atoms with van der Waals surface area (Å²) >= 11 is 0. The van der Waals surface area contributed by atoms with Crippen molar-refractivity contribution in [3.8, 4) is 0 Å². The van der Waals surface area contributed by atoms with Gasteiger partial charge in [0.1, 0.15) is 18.2 Å². The highest BCUT2D eigenvalue weighted by molar-refractivity contribution is 5.72. The molecule has 0 saturated carbocycles. The summed E-state index contributed by atoms with van der Waals surface area (Å²) in [4.78, 5) is 16.1. The Hall–Kier alpha value is -3.46. The maximum atomic E-state index is 14.9. The Kier molecular flexibility index (Phi) is 6.80. The summed E-state index contributed by atoms with van der Waals surface area (Å²) in [5.74, 6) is 0.525. The van der Waals surface area contributed by atoms with Crippen LogP contribution in [0.4, 0.5) is 34.0 Å². The fourth-order valence-electron chi connectivity index (χ4n) is 3.49. The normalized spacial score (nSPS) is 20.5. The summed E-state index contributed by atoms with van der Waals surface area (Å²) in [6, 6.07) is 2.74.